The molecular formula is C39H30ClN3O4. The van der Waals surface area contributed by atoms with Gasteiger partial charge in [-0.05, 0) is 105 Å². The van der Waals surface area contributed by atoms with Crippen LogP contribution in [0.5, 0.6) is 5.75 Å². The fraction of sp³-hybridized carbons (Fsp3) is 0.128. The first-order valence-corrected chi connectivity index (χ1v) is 15.7. The third-order valence-corrected chi connectivity index (χ3v) is 9.36. The monoisotopic (exact) mass is 639 g/mol. The molecule has 4 N–H and O–H groups in total. The maximum absolute atomic E-state index is 11.7. The van der Waals surface area contributed by atoms with E-state index in [0.717, 1.165) is 56.3 Å². The Morgan fingerprint density at radius 1 is 0.830 bits per heavy atom. The molecule has 0 aliphatic heterocycles. The maximum atomic E-state index is 11.7. The number of aromatic nitrogens is 2. The largest absolute Gasteiger partial charge is 0.508 e. The quantitative estimate of drug-likeness (QED) is 0.167. The predicted octanol–water partition coefficient (Wildman–Crippen LogP) is 8.01. The van der Waals surface area contributed by atoms with Gasteiger partial charge in [0, 0.05) is 46.7 Å². The van der Waals surface area contributed by atoms with Crippen LogP contribution in [0.1, 0.15) is 39.0 Å². The number of phenolic OH excluding ortho intramolecular Hbond substituents is 1. The van der Waals surface area contributed by atoms with Crippen LogP contribution in [0, 0.1) is 5.92 Å². The highest BCUT2D eigenvalue weighted by Crippen LogP contribution is 2.37. The number of amides is 1. The van der Waals surface area contributed by atoms with Crippen molar-refractivity contribution in [1.82, 2.24) is 9.97 Å². The molecule has 7 nitrogen and oxygen atoms in total. The van der Waals surface area contributed by atoms with E-state index < -0.39 is 5.97 Å². The minimum Gasteiger partial charge on any atom is -0.508 e. The third-order valence-electron chi connectivity index (χ3n) is 9.11. The molecule has 1 atom stereocenters. The van der Waals surface area contributed by atoms with Crippen LogP contribution in [0.25, 0.3) is 43.2 Å². The SMILES string of the molecule is NC(=O)C1CCc2ccc3c(ccc4cc(Cc5ccc(Cl)cc5)c(O)cc43)c2C1.O=C(O)c1ccnc2c1ccc1ccncc12. The van der Waals surface area contributed by atoms with Crippen molar-refractivity contribution < 1.29 is 19.8 Å². The van der Waals surface area contributed by atoms with Crippen molar-refractivity contribution in [2.45, 2.75) is 25.7 Å². The number of aromatic carboxylic acids is 1. The Bertz CT molecular complexity index is 2350. The number of nitrogens with two attached hydrogens (primary N) is 1. The number of hydrogen-bond acceptors (Lipinski definition) is 5. The molecule has 47 heavy (non-hydrogen) atoms. The summed E-state index contributed by atoms with van der Waals surface area (Å²) in [6.45, 7) is 0. The molecule has 0 spiro atoms. The molecule has 0 radical (unpaired) electrons. The lowest BCUT2D eigenvalue weighted by atomic mass is 9.80. The molecule has 8 heteroatoms. The summed E-state index contributed by atoms with van der Waals surface area (Å²) < 4.78 is 0. The smallest absolute Gasteiger partial charge is 0.336 e. The zero-order valence-electron chi connectivity index (χ0n) is 25.3. The Balaban J connectivity index is 0.000000174. The van der Waals surface area contributed by atoms with Crippen molar-refractivity contribution in [2.24, 2.45) is 11.7 Å². The molecule has 1 amide bonds. The molecule has 8 rings (SSSR count). The van der Waals surface area contributed by atoms with Crippen LogP contribution in [-0.2, 0) is 24.1 Å². The molecule has 0 fully saturated rings. The van der Waals surface area contributed by atoms with Gasteiger partial charge in [0.25, 0.3) is 0 Å². The van der Waals surface area contributed by atoms with Crippen molar-refractivity contribution >= 4 is 66.7 Å². The van der Waals surface area contributed by atoms with Crippen molar-refractivity contribution in [1.29, 1.82) is 0 Å². The highest BCUT2D eigenvalue weighted by molar-refractivity contribution is 6.30. The van der Waals surface area contributed by atoms with Crippen LogP contribution in [0.15, 0.2) is 104 Å². The van der Waals surface area contributed by atoms with E-state index >= 15 is 0 Å². The number of pyridine rings is 2. The number of carbonyl (C=O) groups is 2. The Morgan fingerprint density at radius 2 is 1.60 bits per heavy atom. The molecule has 1 aliphatic rings. The van der Waals surface area contributed by atoms with Gasteiger partial charge in [0.2, 0.25) is 5.91 Å². The Morgan fingerprint density at radius 3 is 2.38 bits per heavy atom. The predicted molar refractivity (Wildman–Crippen MR) is 186 cm³/mol. The number of carbonyl (C=O) groups excluding carboxylic acids is 1. The lowest BCUT2D eigenvalue weighted by molar-refractivity contribution is -0.122. The second kappa shape index (κ2) is 12.3. The van der Waals surface area contributed by atoms with Gasteiger partial charge in [-0.25, -0.2) is 4.79 Å². The number of rotatable bonds is 4. The number of phenols is 1. The molecule has 232 valence electrons. The molecule has 5 aromatic carbocycles. The second-order valence-electron chi connectivity index (χ2n) is 11.9. The standard InChI is InChI=1S/C26H22ClNO2.C13H8N2O2/c27-20-7-1-15(2-8-20)11-19-12-17-6-10-21-22(24(17)14-25(19)29)9-5-16-3-4-18(26(28)30)13-23(16)21;16-13(17)10-4-6-15-12-9(10)2-1-8-3-5-14-7-11(8)12/h1-2,5-10,12,14,18,29H,3-4,11,13H2,(H2,28,30);1-7H,(H,16,17). The van der Waals surface area contributed by atoms with Crippen LogP contribution in [0.3, 0.4) is 0 Å². The third kappa shape index (κ3) is 5.82. The van der Waals surface area contributed by atoms with E-state index in [0.29, 0.717) is 28.8 Å². The maximum Gasteiger partial charge on any atom is 0.336 e. The molecule has 1 aliphatic carbocycles. The second-order valence-corrected chi connectivity index (χ2v) is 12.4. The first kappa shape index (κ1) is 30.1. The van der Waals surface area contributed by atoms with E-state index in [-0.39, 0.29) is 23.1 Å². The summed E-state index contributed by atoms with van der Waals surface area (Å²) in [5.41, 5.74) is 11.0. The molecule has 2 aromatic heterocycles. The molecule has 0 saturated heterocycles. The van der Waals surface area contributed by atoms with E-state index in [1.807, 2.05) is 42.5 Å². The van der Waals surface area contributed by atoms with Crippen molar-refractivity contribution in [2.75, 3.05) is 0 Å². The van der Waals surface area contributed by atoms with Crippen LogP contribution < -0.4 is 5.73 Å². The normalized spacial score (nSPS) is 14.1. The average molecular weight is 640 g/mol. The number of aryl methyl sites for hydroxylation is 1. The summed E-state index contributed by atoms with van der Waals surface area (Å²) in [4.78, 5) is 31.2. The van der Waals surface area contributed by atoms with Gasteiger partial charge in [-0.3, -0.25) is 14.8 Å². The number of benzene rings is 5. The number of hydrogen-bond donors (Lipinski definition) is 3. The molecule has 0 saturated carbocycles. The summed E-state index contributed by atoms with van der Waals surface area (Å²) in [5.74, 6) is -0.977. The first-order chi connectivity index (χ1) is 22.8. The van der Waals surface area contributed by atoms with Crippen molar-refractivity contribution in [3.05, 3.63) is 136 Å². The van der Waals surface area contributed by atoms with Gasteiger partial charge >= 0.3 is 5.97 Å². The van der Waals surface area contributed by atoms with Gasteiger partial charge in [-0.15, -0.1) is 0 Å². The summed E-state index contributed by atoms with van der Waals surface area (Å²) in [7, 11) is 0. The topological polar surface area (TPSA) is 126 Å². The summed E-state index contributed by atoms with van der Waals surface area (Å²) in [6, 6.07) is 27.2. The fourth-order valence-electron chi connectivity index (χ4n) is 6.66. The number of aromatic hydroxyl groups is 1. The lowest BCUT2D eigenvalue weighted by Crippen LogP contribution is -2.28. The highest BCUT2D eigenvalue weighted by atomic mass is 35.5. The summed E-state index contributed by atoms with van der Waals surface area (Å²) in [5, 5.41) is 27.4. The zero-order valence-corrected chi connectivity index (χ0v) is 26.0. The van der Waals surface area contributed by atoms with Gasteiger partial charge in [-0.2, -0.15) is 0 Å². The van der Waals surface area contributed by atoms with Gasteiger partial charge in [0.05, 0.1) is 11.1 Å². The van der Waals surface area contributed by atoms with Crippen molar-refractivity contribution in [3.63, 3.8) is 0 Å². The van der Waals surface area contributed by atoms with E-state index in [4.69, 9.17) is 22.4 Å². The number of fused-ring (bicyclic) bond motifs is 8. The molecular weight excluding hydrogens is 610 g/mol. The number of carboxylic acid groups (broad SMARTS) is 1. The number of carboxylic acids is 1. The van der Waals surface area contributed by atoms with E-state index in [9.17, 15) is 14.7 Å². The van der Waals surface area contributed by atoms with Crippen molar-refractivity contribution in [3.8, 4) is 5.75 Å². The lowest BCUT2D eigenvalue weighted by Gasteiger charge is -2.24. The fourth-order valence-corrected chi connectivity index (χ4v) is 6.78. The molecule has 2 heterocycles. The highest BCUT2D eigenvalue weighted by Gasteiger charge is 2.24. The summed E-state index contributed by atoms with van der Waals surface area (Å²) in [6.07, 6.45) is 7.94. The van der Waals surface area contributed by atoms with Gasteiger partial charge in [0.1, 0.15) is 5.75 Å². The van der Waals surface area contributed by atoms with Crippen LogP contribution in [0.2, 0.25) is 5.02 Å². The molecule has 0 bridgehead atoms. The number of halogens is 1. The molecule has 7 aromatic rings. The Kier molecular flexibility index (Phi) is 7.92. The molecule has 1 unspecified atom stereocenters. The van der Waals surface area contributed by atoms with E-state index in [2.05, 4.69) is 40.3 Å². The minimum absolute atomic E-state index is 0.103. The number of nitrogens with zero attached hydrogens (tertiary/aromatic N) is 2. The number of primary amides is 1. The van der Waals surface area contributed by atoms with E-state index in [1.54, 1.807) is 18.5 Å². The zero-order chi connectivity index (χ0) is 32.7. The summed E-state index contributed by atoms with van der Waals surface area (Å²) >= 11 is 5.98. The average Bonchev–Trinajstić information content (AvgIpc) is 3.09. The first-order valence-electron chi connectivity index (χ1n) is 15.3. The van der Waals surface area contributed by atoms with Crippen LogP contribution in [-0.4, -0.2) is 32.1 Å². The van der Waals surface area contributed by atoms with Crippen LogP contribution >= 0.6 is 11.6 Å². The van der Waals surface area contributed by atoms with Gasteiger partial charge < -0.3 is 15.9 Å². The van der Waals surface area contributed by atoms with E-state index in [1.165, 1.54) is 23.4 Å². The minimum atomic E-state index is -0.944. The van der Waals surface area contributed by atoms with Gasteiger partial charge in [0.15, 0.2) is 0 Å². The Labute approximate surface area is 275 Å². The van der Waals surface area contributed by atoms with Gasteiger partial charge in [-0.1, -0.05) is 60.1 Å². The Hall–Kier alpha value is -5.53. The van der Waals surface area contributed by atoms with Crippen LogP contribution in [0.4, 0.5) is 0 Å².